The lowest BCUT2D eigenvalue weighted by Crippen LogP contribution is -2.16. The van der Waals surface area contributed by atoms with Crippen molar-refractivity contribution in [3.8, 4) is 10.6 Å². The Balaban J connectivity index is 2.24. The standard InChI is InChI=1S/C13H17N3S/c1-9(14)5-6-13-15-10(2)8-11(16-13)12-4-3-7-17-12/h3-4,7-9H,5-6,14H2,1-2H3. The molecule has 0 aliphatic carbocycles. The van der Waals surface area contributed by atoms with E-state index in [0.29, 0.717) is 0 Å². The highest BCUT2D eigenvalue weighted by molar-refractivity contribution is 7.13. The van der Waals surface area contributed by atoms with Gasteiger partial charge in [0.25, 0.3) is 0 Å². The zero-order valence-electron chi connectivity index (χ0n) is 10.2. The molecule has 0 aromatic carbocycles. The summed E-state index contributed by atoms with van der Waals surface area (Å²) in [7, 11) is 0. The molecule has 0 bridgehead atoms. The second-order valence-electron chi connectivity index (χ2n) is 4.30. The first-order valence-corrected chi connectivity index (χ1v) is 6.67. The monoisotopic (exact) mass is 247 g/mol. The third kappa shape index (κ3) is 3.35. The third-order valence-corrected chi connectivity index (χ3v) is 3.39. The van der Waals surface area contributed by atoms with Crippen molar-refractivity contribution in [2.45, 2.75) is 32.7 Å². The van der Waals surface area contributed by atoms with Crippen LogP contribution in [-0.2, 0) is 6.42 Å². The van der Waals surface area contributed by atoms with Gasteiger partial charge < -0.3 is 5.73 Å². The first-order chi connectivity index (χ1) is 8.15. The Bertz CT molecular complexity index is 477. The van der Waals surface area contributed by atoms with Gasteiger partial charge in [0.15, 0.2) is 0 Å². The zero-order chi connectivity index (χ0) is 12.3. The lowest BCUT2D eigenvalue weighted by Gasteiger charge is -2.06. The SMILES string of the molecule is Cc1cc(-c2cccs2)nc(CCC(C)N)n1. The van der Waals surface area contributed by atoms with Crippen LogP contribution in [0.2, 0.25) is 0 Å². The third-order valence-electron chi connectivity index (χ3n) is 2.50. The predicted molar refractivity (Wildman–Crippen MR) is 72.1 cm³/mol. The van der Waals surface area contributed by atoms with Crippen molar-refractivity contribution >= 4 is 11.3 Å². The normalized spacial score (nSPS) is 12.6. The smallest absolute Gasteiger partial charge is 0.129 e. The highest BCUT2D eigenvalue weighted by Gasteiger charge is 2.06. The summed E-state index contributed by atoms with van der Waals surface area (Å²) in [5.41, 5.74) is 7.79. The van der Waals surface area contributed by atoms with Gasteiger partial charge in [0.05, 0.1) is 10.6 Å². The largest absolute Gasteiger partial charge is 0.328 e. The Morgan fingerprint density at radius 3 is 2.88 bits per heavy atom. The van der Waals surface area contributed by atoms with Crippen molar-refractivity contribution in [2.75, 3.05) is 0 Å². The van der Waals surface area contributed by atoms with Crippen molar-refractivity contribution in [3.05, 3.63) is 35.1 Å². The van der Waals surface area contributed by atoms with Gasteiger partial charge in [-0.15, -0.1) is 11.3 Å². The molecule has 0 fully saturated rings. The molecule has 1 atom stereocenters. The van der Waals surface area contributed by atoms with Crippen LogP contribution in [0.25, 0.3) is 10.6 Å². The Kier molecular flexibility index (Phi) is 3.86. The maximum atomic E-state index is 5.76. The quantitative estimate of drug-likeness (QED) is 0.904. The van der Waals surface area contributed by atoms with E-state index >= 15 is 0 Å². The fourth-order valence-electron chi connectivity index (χ4n) is 1.65. The van der Waals surface area contributed by atoms with Gasteiger partial charge in [-0.25, -0.2) is 9.97 Å². The van der Waals surface area contributed by atoms with E-state index in [2.05, 4.69) is 21.4 Å². The Hall–Kier alpha value is -1.26. The van der Waals surface area contributed by atoms with Crippen LogP contribution in [0.15, 0.2) is 23.6 Å². The van der Waals surface area contributed by atoms with Gasteiger partial charge in [-0.3, -0.25) is 0 Å². The minimum atomic E-state index is 0.198. The van der Waals surface area contributed by atoms with Crippen LogP contribution >= 0.6 is 11.3 Å². The summed E-state index contributed by atoms with van der Waals surface area (Å²) in [6.07, 6.45) is 1.77. The van der Waals surface area contributed by atoms with Gasteiger partial charge in [0.1, 0.15) is 5.82 Å². The summed E-state index contributed by atoms with van der Waals surface area (Å²) in [6.45, 7) is 4.02. The molecule has 0 spiro atoms. The highest BCUT2D eigenvalue weighted by Crippen LogP contribution is 2.23. The molecular formula is C13H17N3S. The van der Waals surface area contributed by atoms with E-state index in [9.17, 15) is 0 Å². The van der Waals surface area contributed by atoms with Gasteiger partial charge in [0.2, 0.25) is 0 Å². The summed E-state index contributed by atoms with van der Waals surface area (Å²) < 4.78 is 0. The van der Waals surface area contributed by atoms with Gasteiger partial charge in [-0.2, -0.15) is 0 Å². The molecule has 4 heteroatoms. The fraction of sp³-hybridized carbons (Fsp3) is 0.385. The van der Waals surface area contributed by atoms with E-state index in [1.807, 2.05) is 26.0 Å². The summed E-state index contributed by atoms with van der Waals surface area (Å²) >= 11 is 1.70. The molecule has 0 saturated heterocycles. The minimum absolute atomic E-state index is 0.198. The van der Waals surface area contributed by atoms with Crippen LogP contribution in [0, 0.1) is 6.92 Å². The lowest BCUT2D eigenvalue weighted by molar-refractivity contribution is 0.647. The molecule has 0 aliphatic rings. The molecule has 0 aliphatic heterocycles. The molecule has 2 N–H and O–H groups in total. The Labute approximate surface area is 106 Å². The minimum Gasteiger partial charge on any atom is -0.328 e. The van der Waals surface area contributed by atoms with Gasteiger partial charge in [-0.1, -0.05) is 6.07 Å². The second kappa shape index (κ2) is 5.38. The molecule has 0 saturated carbocycles. The van der Waals surface area contributed by atoms with Crippen LogP contribution in [0.5, 0.6) is 0 Å². The van der Waals surface area contributed by atoms with E-state index in [0.717, 1.165) is 30.1 Å². The summed E-state index contributed by atoms with van der Waals surface area (Å²) in [6, 6.07) is 6.35. The molecule has 3 nitrogen and oxygen atoms in total. The van der Waals surface area contributed by atoms with Crippen LogP contribution in [0.1, 0.15) is 24.9 Å². The number of aryl methyl sites for hydroxylation is 2. The molecule has 0 radical (unpaired) electrons. The van der Waals surface area contributed by atoms with E-state index in [4.69, 9.17) is 5.73 Å². The number of thiophene rings is 1. The summed E-state index contributed by atoms with van der Waals surface area (Å²) in [4.78, 5) is 10.2. The van der Waals surface area contributed by atoms with Crippen molar-refractivity contribution in [1.29, 1.82) is 0 Å². The van der Waals surface area contributed by atoms with Crippen molar-refractivity contribution < 1.29 is 0 Å². The average molecular weight is 247 g/mol. The first-order valence-electron chi connectivity index (χ1n) is 5.79. The van der Waals surface area contributed by atoms with Gasteiger partial charge >= 0.3 is 0 Å². The van der Waals surface area contributed by atoms with E-state index < -0.39 is 0 Å². The van der Waals surface area contributed by atoms with Gasteiger partial charge in [0, 0.05) is 18.2 Å². The molecule has 17 heavy (non-hydrogen) atoms. The van der Waals surface area contributed by atoms with Crippen LogP contribution in [0.4, 0.5) is 0 Å². The molecule has 2 heterocycles. The predicted octanol–water partition coefficient (Wildman–Crippen LogP) is 2.79. The number of hydrogen-bond donors (Lipinski definition) is 1. The molecular weight excluding hydrogens is 230 g/mol. The topological polar surface area (TPSA) is 51.8 Å². The number of rotatable bonds is 4. The second-order valence-corrected chi connectivity index (χ2v) is 5.25. The van der Waals surface area contributed by atoms with E-state index in [1.165, 1.54) is 4.88 Å². The lowest BCUT2D eigenvalue weighted by atomic mass is 10.2. The molecule has 90 valence electrons. The van der Waals surface area contributed by atoms with Crippen LogP contribution in [-0.4, -0.2) is 16.0 Å². The van der Waals surface area contributed by atoms with Crippen LogP contribution in [0.3, 0.4) is 0 Å². The van der Waals surface area contributed by atoms with E-state index in [-0.39, 0.29) is 6.04 Å². The highest BCUT2D eigenvalue weighted by atomic mass is 32.1. The zero-order valence-corrected chi connectivity index (χ0v) is 11.0. The van der Waals surface area contributed by atoms with Crippen molar-refractivity contribution in [3.63, 3.8) is 0 Å². The molecule has 2 aromatic heterocycles. The fourth-order valence-corrected chi connectivity index (χ4v) is 2.34. The molecule has 2 aromatic rings. The number of aromatic nitrogens is 2. The van der Waals surface area contributed by atoms with Crippen molar-refractivity contribution in [2.24, 2.45) is 5.73 Å². The Morgan fingerprint density at radius 1 is 1.41 bits per heavy atom. The molecule has 0 amide bonds. The van der Waals surface area contributed by atoms with Crippen molar-refractivity contribution in [1.82, 2.24) is 9.97 Å². The first kappa shape index (κ1) is 12.2. The van der Waals surface area contributed by atoms with Crippen LogP contribution < -0.4 is 5.73 Å². The summed E-state index contributed by atoms with van der Waals surface area (Å²) in [5, 5.41) is 2.06. The Morgan fingerprint density at radius 2 is 2.24 bits per heavy atom. The average Bonchev–Trinajstić information content (AvgIpc) is 2.79. The maximum Gasteiger partial charge on any atom is 0.129 e. The maximum absolute atomic E-state index is 5.76. The number of nitrogens with zero attached hydrogens (tertiary/aromatic N) is 2. The summed E-state index contributed by atoms with van der Waals surface area (Å²) in [5.74, 6) is 0.894. The molecule has 1 unspecified atom stereocenters. The number of hydrogen-bond acceptors (Lipinski definition) is 4. The van der Waals surface area contributed by atoms with Gasteiger partial charge in [-0.05, 0) is 37.8 Å². The number of nitrogens with two attached hydrogens (primary N) is 1. The molecule has 2 rings (SSSR count). The van der Waals surface area contributed by atoms with E-state index in [1.54, 1.807) is 11.3 Å².